The first-order valence-electron chi connectivity index (χ1n) is 18.8. The first-order chi connectivity index (χ1) is 21.1. The van der Waals surface area contributed by atoms with Crippen LogP contribution in [0, 0.1) is 0 Å². The van der Waals surface area contributed by atoms with Crippen LogP contribution in [0.1, 0.15) is 82.8 Å². The molecule has 0 fully saturated rings. The van der Waals surface area contributed by atoms with E-state index in [0.717, 1.165) is 5.16 Å². The molecule has 0 saturated heterocycles. The van der Waals surface area contributed by atoms with Gasteiger partial charge >= 0.3 is 0 Å². The van der Waals surface area contributed by atoms with Gasteiger partial charge in [0.05, 0.1) is 0 Å². The van der Waals surface area contributed by atoms with Gasteiger partial charge in [0, 0.05) is 48.4 Å². The Morgan fingerprint density at radius 1 is 0.396 bits per heavy atom. The fourth-order valence-corrected chi connectivity index (χ4v) is 57.6. The van der Waals surface area contributed by atoms with Crippen LogP contribution in [0.5, 0.6) is 0 Å². The van der Waals surface area contributed by atoms with Crippen molar-refractivity contribution in [2.24, 2.45) is 0 Å². The summed E-state index contributed by atoms with van der Waals surface area (Å²) in [4.78, 5) is 0. The average molecular weight is 901 g/mol. The first-order valence-corrected chi connectivity index (χ1v) is 46.7. The van der Waals surface area contributed by atoms with E-state index >= 15 is 0 Å². The van der Waals surface area contributed by atoms with Gasteiger partial charge in [-0.1, -0.05) is 206 Å². The fourth-order valence-electron chi connectivity index (χ4n) is 10.5. The Bertz CT molecular complexity index is 1300. The molecule has 0 heterocycles. The van der Waals surface area contributed by atoms with Crippen LogP contribution in [0.15, 0.2) is 30.3 Å². The zero-order chi connectivity index (χ0) is 38.0. The zero-order valence-electron chi connectivity index (χ0n) is 35.5. The molecule has 0 amide bonds. The van der Waals surface area contributed by atoms with Gasteiger partial charge in [-0.3, -0.25) is 0 Å². The monoisotopic (exact) mass is 898 g/mol. The summed E-state index contributed by atoms with van der Waals surface area (Å²) in [6, 6.07) is 13.0. The van der Waals surface area contributed by atoms with Crippen LogP contribution in [0.25, 0.3) is 0 Å². The highest BCUT2D eigenvalue weighted by Gasteiger charge is 2.51. The maximum Gasteiger partial charge on any atom is 0.260 e. The molecule has 9 heteroatoms. The lowest BCUT2D eigenvalue weighted by molar-refractivity contribution is 0.845. The summed E-state index contributed by atoms with van der Waals surface area (Å²) in [5.41, 5.74) is 8.30. The van der Waals surface area contributed by atoms with Crippen molar-refractivity contribution >= 4 is 94.7 Å². The van der Waals surface area contributed by atoms with E-state index in [1.807, 2.05) is 0 Å². The number of halogens is 2. The molecule has 0 aliphatic rings. The maximum absolute atomic E-state index is 4.82. The molecule has 0 saturated carbocycles. The summed E-state index contributed by atoms with van der Waals surface area (Å²) in [6.45, 7) is 57.8. The second-order valence-electron chi connectivity index (χ2n) is 22.3. The molecule has 0 aliphatic carbocycles. The van der Waals surface area contributed by atoms with Crippen molar-refractivity contribution in [3.63, 3.8) is 0 Å². The maximum atomic E-state index is 4.82. The van der Waals surface area contributed by atoms with Crippen molar-refractivity contribution in [1.29, 1.82) is 0 Å². The molecule has 0 aliphatic heterocycles. The minimum absolute atomic E-state index is 0.463. The van der Waals surface area contributed by atoms with E-state index in [1.54, 1.807) is 27.1 Å². The van der Waals surface area contributed by atoms with Gasteiger partial charge in [0.1, 0.15) is 0 Å². The number of hydrogen-bond acceptors (Lipinski definition) is 0. The van der Waals surface area contributed by atoms with Crippen molar-refractivity contribution in [1.82, 2.24) is 0 Å². The number of hydrogen-bond donors (Lipinski definition) is 0. The van der Waals surface area contributed by atoms with E-state index in [2.05, 4.69) is 176 Å². The Hall–Kier alpha value is 0.918. The first kappa shape index (κ1) is 45.1. The molecule has 274 valence electrons. The van der Waals surface area contributed by atoms with Gasteiger partial charge in [-0.25, -0.2) is 0 Å². The Kier molecular flexibility index (Phi) is 14.1. The average Bonchev–Trinajstić information content (AvgIpc) is 2.77. The molecule has 0 nitrogen and oxygen atoms in total. The van der Waals surface area contributed by atoms with Crippen LogP contribution in [-0.4, -0.2) is 53.8 Å². The van der Waals surface area contributed by atoms with E-state index in [9.17, 15) is 0 Å². The highest BCUT2D eigenvalue weighted by Crippen LogP contribution is 2.46. The predicted octanol–water partition coefficient (Wildman–Crippen LogP) is 13.8. The lowest BCUT2D eigenvalue weighted by Crippen LogP contribution is -2.60. The lowest BCUT2D eigenvalue weighted by atomic mass is 9.95. The summed E-state index contributed by atoms with van der Waals surface area (Å²) in [5, 5.41) is 2.78. The van der Waals surface area contributed by atoms with Crippen LogP contribution in [0.3, 0.4) is 0 Å². The van der Waals surface area contributed by atoms with Gasteiger partial charge in [0.2, 0.25) is 0 Å². The van der Waals surface area contributed by atoms with E-state index in [0.29, 0.717) is 22.2 Å². The minimum atomic E-state index is -2.61. The van der Waals surface area contributed by atoms with E-state index < -0.39 is 53.8 Å². The standard InChI is InChI=1S/C39H76Br2Si7/c1-28(2)31-24-23-25-32(29(3)4)35(31)48(40,41)36-33(38(44(11,12)13)45(14,15)16)26-30(37(42(5,6)7)43(8,9)10)27-34(36)39(46(17,18)19)47(20,21)22/h23-29,37-39H,1-22H3. The van der Waals surface area contributed by atoms with Crippen molar-refractivity contribution in [3.8, 4) is 0 Å². The highest BCUT2D eigenvalue weighted by molar-refractivity contribution is 9.52. The van der Waals surface area contributed by atoms with Crippen LogP contribution in [0.4, 0.5) is 0 Å². The lowest BCUT2D eigenvalue weighted by Gasteiger charge is -2.47. The van der Waals surface area contributed by atoms with Gasteiger partial charge < -0.3 is 0 Å². The summed E-state index contributed by atoms with van der Waals surface area (Å²) >= 11 is 9.63. The Labute approximate surface area is 323 Å². The highest BCUT2D eigenvalue weighted by atomic mass is 79.9. The van der Waals surface area contributed by atoms with Crippen molar-refractivity contribution in [2.75, 3.05) is 0 Å². The second kappa shape index (κ2) is 15.0. The summed E-state index contributed by atoms with van der Waals surface area (Å²) < 4.78 is 0. The van der Waals surface area contributed by atoms with Crippen molar-refractivity contribution in [2.45, 2.75) is 173 Å². The minimum Gasteiger partial charge on any atom is -0.0987 e. The predicted molar refractivity (Wildman–Crippen MR) is 252 cm³/mol. The van der Waals surface area contributed by atoms with Crippen LogP contribution >= 0.6 is 30.6 Å². The summed E-state index contributed by atoms with van der Waals surface area (Å²) in [7, 11) is -9.71. The summed E-state index contributed by atoms with van der Waals surface area (Å²) in [5.74, 6) is 0.925. The third-order valence-electron chi connectivity index (χ3n) is 10.4. The molecule has 48 heavy (non-hydrogen) atoms. The van der Waals surface area contributed by atoms with Gasteiger partial charge in [-0.05, 0) is 65.5 Å². The van der Waals surface area contributed by atoms with Crippen LogP contribution in [-0.2, 0) is 0 Å². The normalized spacial score (nSPS) is 14.8. The van der Waals surface area contributed by atoms with Crippen LogP contribution in [0.2, 0.25) is 118 Å². The molecule has 0 atom stereocenters. The van der Waals surface area contributed by atoms with Gasteiger partial charge in [-0.15, -0.1) is 0 Å². The number of rotatable bonds is 13. The van der Waals surface area contributed by atoms with Crippen molar-refractivity contribution < 1.29 is 0 Å². The molecule has 0 spiro atoms. The zero-order valence-corrected chi connectivity index (χ0v) is 45.7. The Morgan fingerprint density at radius 3 is 0.875 bits per heavy atom. The molecular weight excluding hydrogens is 825 g/mol. The largest absolute Gasteiger partial charge is 0.260 e. The number of benzene rings is 2. The summed E-state index contributed by atoms with van der Waals surface area (Å²) in [6.07, 6.45) is 0. The molecular formula is C39H76Br2Si7. The fraction of sp³-hybridized carbons (Fsp3) is 0.692. The smallest absolute Gasteiger partial charge is 0.0987 e. The third-order valence-corrected chi connectivity index (χ3v) is 45.4. The SMILES string of the molecule is CC(C)c1cccc(C(C)C)c1[Si](Br)(Br)c1c(C([Si](C)(C)C)[Si](C)(C)C)cc(C([Si](C)(C)C)[Si](C)(C)C)cc1C([Si](C)(C)C)[Si](C)(C)C. The van der Waals surface area contributed by atoms with Gasteiger partial charge in [0.25, 0.3) is 5.31 Å². The van der Waals surface area contributed by atoms with Crippen LogP contribution < -0.4 is 10.4 Å². The second-order valence-corrected chi connectivity index (χ2v) is 68.3. The molecule has 0 bridgehead atoms. The molecule has 0 aromatic heterocycles. The molecule has 2 aromatic carbocycles. The molecule has 2 aromatic rings. The third kappa shape index (κ3) is 10.1. The quantitative estimate of drug-likeness (QED) is 0.139. The Morgan fingerprint density at radius 2 is 0.646 bits per heavy atom. The van der Waals surface area contributed by atoms with Gasteiger partial charge in [0.15, 0.2) is 0 Å². The van der Waals surface area contributed by atoms with E-state index in [4.69, 9.17) is 30.6 Å². The van der Waals surface area contributed by atoms with Crippen molar-refractivity contribution in [3.05, 3.63) is 58.1 Å². The molecule has 0 N–H and O–H groups in total. The van der Waals surface area contributed by atoms with E-state index in [-0.39, 0.29) is 0 Å². The van der Waals surface area contributed by atoms with E-state index in [1.165, 1.54) is 11.1 Å². The Balaban J connectivity index is 3.62. The van der Waals surface area contributed by atoms with Gasteiger partial charge in [-0.2, -0.15) is 0 Å². The molecule has 0 unspecified atom stereocenters. The molecule has 2 rings (SSSR count). The topological polar surface area (TPSA) is 0 Å². The molecule has 0 radical (unpaired) electrons.